The zero-order valence-electron chi connectivity index (χ0n) is 15.4. The molecule has 3 aromatic rings. The molecule has 2 aromatic heterocycles. The van der Waals surface area contributed by atoms with Crippen molar-refractivity contribution in [2.45, 2.75) is 45.2 Å². The molecule has 1 saturated heterocycles. The molecule has 6 heteroatoms. The first kappa shape index (κ1) is 18.8. The summed E-state index contributed by atoms with van der Waals surface area (Å²) in [7, 11) is 0. The quantitative estimate of drug-likeness (QED) is 0.664. The van der Waals surface area contributed by atoms with Crippen LogP contribution in [0.25, 0.3) is 10.3 Å². The second-order valence-corrected chi connectivity index (χ2v) is 8.24. The molecular formula is C20H26N4OS. The van der Waals surface area contributed by atoms with E-state index in [0.717, 1.165) is 22.6 Å². The van der Waals surface area contributed by atoms with Crippen molar-refractivity contribution in [2.24, 2.45) is 0 Å². The van der Waals surface area contributed by atoms with Crippen molar-refractivity contribution >= 4 is 21.7 Å². The van der Waals surface area contributed by atoms with Crippen molar-refractivity contribution in [2.75, 3.05) is 6.54 Å². The van der Waals surface area contributed by atoms with Crippen molar-refractivity contribution in [3.8, 4) is 10.9 Å². The maximum atomic E-state index is 5.90. The minimum absolute atomic E-state index is 0. The molecule has 5 nitrogen and oxygen atoms in total. The fourth-order valence-electron chi connectivity index (χ4n) is 3.39. The number of aromatic nitrogens is 2. The van der Waals surface area contributed by atoms with Gasteiger partial charge in [0, 0.05) is 18.3 Å². The summed E-state index contributed by atoms with van der Waals surface area (Å²) in [6.45, 7) is 6.89. The number of nitrogens with zero attached hydrogens (tertiary/aromatic N) is 3. The molecule has 3 N–H and O–H groups in total. The Bertz CT molecular complexity index is 827. The Balaban J connectivity index is 0.00000196. The van der Waals surface area contributed by atoms with Crippen molar-refractivity contribution < 1.29 is 4.74 Å². The van der Waals surface area contributed by atoms with Crippen LogP contribution in [0.5, 0.6) is 10.9 Å². The molecule has 1 aromatic carbocycles. The van der Waals surface area contributed by atoms with E-state index in [2.05, 4.69) is 40.8 Å². The number of hydrogen-bond acceptors (Lipinski definition) is 6. The molecule has 0 spiro atoms. The van der Waals surface area contributed by atoms with Gasteiger partial charge in [-0.05, 0) is 63.1 Å². The largest absolute Gasteiger partial charge is 0.431 e. The maximum Gasteiger partial charge on any atom is 0.281 e. The number of fused-ring (bicyclic) bond motifs is 1. The summed E-state index contributed by atoms with van der Waals surface area (Å²) in [4.78, 5) is 11.3. The number of hydrogen-bond donors (Lipinski definition) is 1. The third-order valence-electron chi connectivity index (χ3n) is 4.97. The van der Waals surface area contributed by atoms with E-state index in [1.807, 2.05) is 24.3 Å². The molecule has 0 amide bonds. The van der Waals surface area contributed by atoms with E-state index in [0.29, 0.717) is 10.7 Å². The van der Waals surface area contributed by atoms with Gasteiger partial charge in [0.25, 0.3) is 5.19 Å². The third-order valence-corrected chi connectivity index (χ3v) is 5.86. The monoisotopic (exact) mass is 370 g/mol. The molecule has 0 bridgehead atoms. The Morgan fingerprint density at radius 3 is 2.69 bits per heavy atom. The van der Waals surface area contributed by atoms with Gasteiger partial charge in [-0.2, -0.15) is 4.98 Å². The summed E-state index contributed by atoms with van der Waals surface area (Å²) < 4.78 is 6.95. The van der Waals surface area contributed by atoms with Gasteiger partial charge in [0.15, 0.2) is 5.65 Å². The van der Waals surface area contributed by atoms with Gasteiger partial charge in [-0.25, -0.2) is 4.98 Å². The van der Waals surface area contributed by atoms with Crippen LogP contribution >= 0.6 is 11.3 Å². The van der Waals surface area contributed by atoms with Gasteiger partial charge in [-0.3, -0.25) is 4.90 Å². The van der Waals surface area contributed by atoms with E-state index < -0.39 is 0 Å². The number of pyridine rings is 1. The predicted molar refractivity (Wildman–Crippen MR) is 107 cm³/mol. The van der Waals surface area contributed by atoms with Gasteiger partial charge in [0.05, 0.1) is 4.70 Å². The van der Waals surface area contributed by atoms with Crippen LogP contribution in [0.2, 0.25) is 0 Å². The zero-order valence-corrected chi connectivity index (χ0v) is 16.3. The van der Waals surface area contributed by atoms with E-state index in [1.165, 1.54) is 42.7 Å². The molecule has 4 rings (SSSR count). The maximum absolute atomic E-state index is 5.90. The van der Waals surface area contributed by atoms with Crippen LogP contribution < -0.4 is 10.9 Å². The molecule has 26 heavy (non-hydrogen) atoms. The predicted octanol–water partition coefficient (Wildman–Crippen LogP) is 5.41. The molecule has 1 aliphatic heterocycles. The van der Waals surface area contributed by atoms with Gasteiger partial charge in [-0.15, -0.1) is 0 Å². The highest BCUT2D eigenvalue weighted by atomic mass is 32.1. The highest BCUT2D eigenvalue weighted by Crippen LogP contribution is 2.31. The number of piperidine rings is 1. The van der Waals surface area contributed by atoms with Gasteiger partial charge in [0.2, 0.25) is 0 Å². The second-order valence-electron chi connectivity index (χ2n) is 7.24. The van der Waals surface area contributed by atoms with Crippen molar-refractivity contribution in [3.63, 3.8) is 0 Å². The number of thiazole rings is 1. The third kappa shape index (κ3) is 4.03. The summed E-state index contributed by atoms with van der Waals surface area (Å²) in [5.74, 6) is 0.820. The van der Waals surface area contributed by atoms with Crippen molar-refractivity contribution in [1.82, 2.24) is 21.0 Å². The Labute approximate surface area is 158 Å². The molecule has 0 unspecified atom stereocenters. The van der Waals surface area contributed by atoms with Crippen LogP contribution in [-0.2, 0) is 6.54 Å². The van der Waals surface area contributed by atoms with Crippen molar-refractivity contribution in [3.05, 3.63) is 48.2 Å². The minimum Gasteiger partial charge on any atom is -0.431 e. The van der Waals surface area contributed by atoms with Gasteiger partial charge in [0.1, 0.15) is 5.75 Å². The lowest BCUT2D eigenvalue weighted by Gasteiger charge is -2.42. The van der Waals surface area contributed by atoms with Crippen LogP contribution in [0, 0.1) is 0 Å². The Morgan fingerprint density at radius 1 is 1.15 bits per heavy atom. The summed E-state index contributed by atoms with van der Waals surface area (Å²) >= 11 is 1.52. The van der Waals surface area contributed by atoms with Crippen molar-refractivity contribution in [1.29, 1.82) is 0 Å². The Hall–Kier alpha value is -2.02. The van der Waals surface area contributed by atoms with E-state index in [1.54, 1.807) is 6.20 Å². The molecule has 138 valence electrons. The van der Waals surface area contributed by atoms with Crippen LogP contribution in [-0.4, -0.2) is 27.0 Å². The van der Waals surface area contributed by atoms with Crippen LogP contribution in [0.15, 0.2) is 42.6 Å². The lowest BCUT2D eigenvalue weighted by atomic mass is 9.90. The fourth-order valence-corrected chi connectivity index (χ4v) is 4.19. The Kier molecular flexibility index (Phi) is 5.55. The summed E-state index contributed by atoms with van der Waals surface area (Å²) in [5, 5.41) is 0.638. The highest BCUT2D eigenvalue weighted by Gasteiger charge is 2.29. The number of rotatable bonds is 4. The summed E-state index contributed by atoms with van der Waals surface area (Å²) in [5.41, 5.74) is 2.36. The van der Waals surface area contributed by atoms with Crippen LogP contribution in [0.1, 0.15) is 38.7 Å². The SMILES string of the molecule is CC1(C)CCCCN1Cc1ccc(Oc2nc3ncccc3s2)cc1.N. The van der Waals surface area contributed by atoms with Gasteiger partial charge in [-0.1, -0.05) is 29.9 Å². The lowest BCUT2D eigenvalue weighted by Crippen LogP contribution is -2.46. The van der Waals surface area contributed by atoms with Crippen LogP contribution in [0.3, 0.4) is 0 Å². The first-order valence-electron chi connectivity index (χ1n) is 8.84. The second kappa shape index (κ2) is 7.70. The number of likely N-dealkylation sites (tertiary alicyclic amines) is 1. The molecule has 0 radical (unpaired) electrons. The van der Waals surface area contributed by atoms with E-state index in [4.69, 9.17) is 4.74 Å². The van der Waals surface area contributed by atoms with Gasteiger partial charge >= 0.3 is 0 Å². The molecular weight excluding hydrogens is 344 g/mol. The standard InChI is InChI=1S/C20H23N3OS.H3N/c1-20(2)11-3-4-13-23(20)14-15-7-9-16(10-8-15)24-19-22-18-17(25-19)6-5-12-21-18;/h5-10,12H,3-4,11,13-14H2,1-2H3;1H3. The van der Waals surface area contributed by atoms with Gasteiger partial charge < -0.3 is 10.9 Å². The molecule has 0 atom stereocenters. The molecule has 1 aliphatic rings. The van der Waals surface area contributed by atoms with E-state index >= 15 is 0 Å². The van der Waals surface area contributed by atoms with Crippen LogP contribution in [0.4, 0.5) is 0 Å². The molecule has 1 fully saturated rings. The topological polar surface area (TPSA) is 73.2 Å². The molecule has 0 saturated carbocycles. The fraction of sp³-hybridized carbons (Fsp3) is 0.400. The first-order valence-corrected chi connectivity index (χ1v) is 9.65. The summed E-state index contributed by atoms with van der Waals surface area (Å²) in [6.07, 6.45) is 5.67. The molecule has 0 aliphatic carbocycles. The average Bonchev–Trinajstić information content (AvgIpc) is 3.00. The zero-order chi connectivity index (χ0) is 17.3. The van der Waals surface area contributed by atoms with E-state index in [9.17, 15) is 0 Å². The molecule has 3 heterocycles. The first-order chi connectivity index (χ1) is 12.1. The summed E-state index contributed by atoms with van der Waals surface area (Å²) in [6, 6.07) is 12.3. The smallest absolute Gasteiger partial charge is 0.281 e. The lowest BCUT2D eigenvalue weighted by molar-refractivity contribution is 0.0692. The normalized spacial score (nSPS) is 17.0. The Morgan fingerprint density at radius 2 is 1.96 bits per heavy atom. The highest BCUT2D eigenvalue weighted by molar-refractivity contribution is 7.20. The average molecular weight is 371 g/mol. The number of ether oxygens (including phenoxy) is 1. The number of benzene rings is 1. The van der Waals surface area contributed by atoms with E-state index in [-0.39, 0.29) is 6.15 Å². The minimum atomic E-state index is 0.